The Morgan fingerprint density at radius 2 is 1.64 bits per heavy atom. The molecule has 1 saturated heterocycles. The second-order valence-electron chi connectivity index (χ2n) is 7.01. The summed E-state index contributed by atoms with van der Waals surface area (Å²) in [6.45, 7) is 4.12. The lowest BCUT2D eigenvalue weighted by Crippen LogP contribution is -2.41. The van der Waals surface area contributed by atoms with Gasteiger partial charge in [0, 0.05) is 24.7 Å². The minimum Gasteiger partial charge on any atom is -0.325 e. The van der Waals surface area contributed by atoms with E-state index in [4.69, 9.17) is 0 Å². The van der Waals surface area contributed by atoms with Crippen LogP contribution in [0.5, 0.6) is 0 Å². The monoisotopic (exact) mass is 408 g/mol. The van der Waals surface area contributed by atoms with Gasteiger partial charge in [-0.3, -0.25) is 4.79 Å². The zero-order chi connectivity index (χ0) is 20.5. The third-order valence-electron chi connectivity index (χ3n) is 5.08. The molecule has 0 saturated carbocycles. The number of hydrogen-bond donors (Lipinski definition) is 1. The second-order valence-corrected chi connectivity index (χ2v) is 8.95. The molecule has 150 valence electrons. The summed E-state index contributed by atoms with van der Waals surface area (Å²) in [6.07, 6.45) is 0.722. The van der Waals surface area contributed by atoms with Crippen molar-refractivity contribution in [3.8, 4) is 0 Å². The number of carbonyl (C=O) groups is 1. The van der Waals surface area contributed by atoms with Crippen LogP contribution in [0.15, 0.2) is 41.3 Å². The number of sulfonamides is 1. The highest BCUT2D eigenvalue weighted by Gasteiger charge is 2.32. The van der Waals surface area contributed by atoms with Gasteiger partial charge in [-0.15, -0.1) is 0 Å². The van der Waals surface area contributed by atoms with Crippen LogP contribution in [0.25, 0.3) is 0 Å². The molecule has 0 atom stereocenters. The Bertz CT molecular complexity index is 980. The molecule has 1 fully saturated rings. The van der Waals surface area contributed by atoms with Gasteiger partial charge in [-0.05, 0) is 56.0 Å². The SMILES string of the molecule is Cc1cccc(C)c1NC(=O)C1CCN(S(=O)(=O)c2ccc(F)c(F)c2)CC1. The van der Waals surface area contributed by atoms with Gasteiger partial charge in [-0.1, -0.05) is 18.2 Å². The molecule has 3 rings (SSSR count). The molecule has 1 N–H and O–H groups in total. The summed E-state index contributed by atoms with van der Waals surface area (Å²) in [6, 6.07) is 8.28. The fourth-order valence-electron chi connectivity index (χ4n) is 3.38. The third kappa shape index (κ3) is 4.07. The van der Waals surface area contributed by atoms with Gasteiger partial charge >= 0.3 is 0 Å². The van der Waals surface area contributed by atoms with Gasteiger partial charge in [0.1, 0.15) is 0 Å². The van der Waals surface area contributed by atoms with Gasteiger partial charge in [0.2, 0.25) is 15.9 Å². The maximum atomic E-state index is 13.4. The fraction of sp³-hybridized carbons (Fsp3) is 0.350. The average molecular weight is 408 g/mol. The van der Waals surface area contributed by atoms with E-state index in [9.17, 15) is 22.0 Å². The van der Waals surface area contributed by atoms with Gasteiger partial charge in [0.05, 0.1) is 4.90 Å². The Morgan fingerprint density at radius 3 is 2.21 bits per heavy atom. The van der Waals surface area contributed by atoms with Gasteiger partial charge in [-0.2, -0.15) is 4.31 Å². The number of carbonyl (C=O) groups excluding carboxylic acids is 1. The minimum absolute atomic E-state index is 0.137. The van der Waals surface area contributed by atoms with Crippen molar-refractivity contribution in [3.05, 3.63) is 59.2 Å². The van der Waals surface area contributed by atoms with Gasteiger partial charge in [-0.25, -0.2) is 17.2 Å². The Morgan fingerprint density at radius 1 is 1.04 bits per heavy atom. The highest BCUT2D eigenvalue weighted by molar-refractivity contribution is 7.89. The van der Waals surface area contributed by atoms with Crippen molar-refractivity contribution in [3.63, 3.8) is 0 Å². The zero-order valence-electron chi connectivity index (χ0n) is 15.7. The Kier molecular flexibility index (Phi) is 5.81. The third-order valence-corrected chi connectivity index (χ3v) is 6.98. The summed E-state index contributed by atoms with van der Waals surface area (Å²) >= 11 is 0. The van der Waals surface area contributed by atoms with Crippen molar-refractivity contribution in [2.75, 3.05) is 18.4 Å². The van der Waals surface area contributed by atoms with E-state index in [-0.39, 0.29) is 29.8 Å². The van der Waals surface area contributed by atoms with E-state index in [1.165, 1.54) is 4.31 Å². The molecule has 0 bridgehead atoms. The smallest absolute Gasteiger partial charge is 0.243 e. The zero-order valence-corrected chi connectivity index (χ0v) is 16.5. The van der Waals surface area contributed by atoms with E-state index in [0.29, 0.717) is 18.9 Å². The Balaban J connectivity index is 1.66. The number of nitrogens with zero attached hydrogens (tertiary/aromatic N) is 1. The topological polar surface area (TPSA) is 66.5 Å². The summed E-state index contributed by atoms with van der Waals surface area (Å²) < 4.78 is 53.0. The molecule has 1 heterocycles. The molecule has 0 aromatic heterocycles. The highest BCUT2D eigenvalue weighted by atomic mass is 32.2. The summed E-state index contributed by atoms with van der Waals surface area (Å²) in [4.78, 5) is 12.3. The number of benzene rings is 2. The molecular weight excluding hydrogens is 386 g/mol. The highest BCUT2D eigenvalue weighted by Crippen LogP contribution is 2.27. The first kappa shape index (κ1) is 20.4. The van der Waals surface area contributed by atoms with Crippen LogP contribution in [0.3, 0.4) is 0 Å². The maximum absolute atomic E-state index is 13.4. The molecule has 2 aromatic carbocycles. The number of para-hydroxylation sites is 1. The molecular formula is C20H22F2N2O3S. The predicted molar refractivity (Wildman–Crippen MR) is 102 cm³/mol. The summed E-state index contributed by atoms with van der Waals surface area (Å²) in [5, 5.41) is 2.95. The molecule has 0 radical (unpaired) electrons. The number of hydrogen-bond acceptors (Lipinski definition) is 3. The molecule has 8 heteroatoms. The summed E-state index contributed by atoms with van der Waals surface area (Å²) in [5.41, 5.74) is 2.71. The van der Waals surface area contributed by atoms with E-state index in [1.54, 1.807) is 0 Å². The number of rotatable bonds is 4. The van der Waals surface area contributed by atoms with E-state index in [2.05, 4.69) is 5.32 Å². The first-order valence-corrected chi connectivity index (χ1v) is 10.5. The lowest BCUT2D eigenvalue weighted by atomic mass is 9.96. The van der Waals surface area contributed by atoms with Crippen LogP contribution >= 0.6 is 0 Å². The van der Waals surface area contributed by atoms with Crippen LogP contribution in [0.4, 0.5) is 14.5 Å². The van der Waals surface area contributed by atoms with Gasteiger partial charge in [0.25, 0.3) is 0 Å². The Hall–Kier alpha value is -2.32. The van der Waals surface area contributed by atoms with Crippen LogP contribution < -0.4 is 5.32 Å². The van der Waals surface area contributed by atoms with E-state index >= 15 is 0 Å². The number of nitrogens with one attached hydrogen (secondary N) is 1. The molecule has 2 aromatic rings. The van der Waals surface area contributed by atoms with Crippen molar-refractivity contribution in [1.82, 2.24) is 4.31 Å². The lowest BCUT2D eigenvalue weighted by molar-refractivity contribution is -0.120. The van der Waals surface area contributed by atoms with Crippen molar-refractivity contribution < 1.29 is 22.0 Å². The fourth-order valence-corrected chi connectivity index (χ4v) is 4.86. The normalized spacial score (nSPS) is 16.1. The van der Waals surface area contributed by atoms with Crippen LogP contribution in [-0.4, -0.2) is 31.7 Å². The molecule has 1 aliphatic rings. The Labute approximate surface area is 163 Å². The molecule has 0 spiro atoms. The second kappa shape index (κ2) is 7.97. The summed E-state index contributed by atoms with van der Waals surface area (Å²) in [5.74, 6) is -2.75. The van der Waals surface area contributed by atoms with Crippen LogP contribution in [0.1, 0.15) is 24.0 Å². The van der Waals surface area contributed by atoms with E-state index < -0.39 is 21.7 Å². The van der Waals surface area contributed by atoms with Crippen molar-refractivity contribution in [2.24, 2.45) is 5.92 Å². The van der Waals surface area contributed by atoms with Crippen LogP contribution in [0.2, 0.25) is 0 Å². The van der Waals surface area contributed by atoms with Crippen molar-refractivity contribution in [2.45, 2.75) is 31.6 Å². The quantitative estimate of drug-likeness (QED) is 0.840. The molecule has 1 aliphatic heterocycles. The van der Waals surface area contributed by atoms with Crippen LogP contribution in [0, 0.1) is 31.4 Å². The first-order chi connectivity index (χ1) is 13.2. The largest absolute Gasteiger partial charge is 0.325 e. The minimum atomic E-state index is -3.93. The molecule has 1 amide bonds. The molecule has 28 heavy (non-hydrogen) atoms. The maximum Gasteiger partial charge on any atom is 0.243 e. The number of amides is 1. The van der Waals surface area contributed by atoms with Crippen LogP contribution in [-0.2, 0) is 14.8 Å². The average Bonchev–Trinajstić information content (AvgIpc) is 2.67. The van der Waals surface area contributed by atoms with E-state index in [0.717, 1.165) is 28.9 Å². The molecule has 0 aliphatic carbocycles. The number of aryl methyl sites for hydroxylation is 2. The van der Waals surface area contributed by atoms with Gasteiger partial charge in [0.15, 0.2) is 11.6 Å². The van der Waals surface area contributed by atoms with E-state index in [1.807, 2.05) is 32.0 Å². The summed E-state index contributed by atoms with van der Waals surface area (Å²) in [7, 11) is -3.93. The standard InChI is InChI=1S/C20H22F2N2O3S/c1-13-4-3-5-14(2)19(13)23-20(25)15-8-10-24(11-9-15)28(26,27)16-6-7-17(21)18(22)12-16/h3-7,12,15H,8-11H2,1-2H3,(H,23,25). The van der Waals surface area contributed by atoms with Gasteiger partial charge < -0.3 is 5.32 Å². The molecule has 5 nitrogen and oxygen atoms in total. The van der Waals surface area contributed by atoms with Crippen molar-refractivity contribution >= 4 is 21.6 Å². The number of halogens is 2. The number of piperidine rings is 1. The predicted octanol–water partition coefficient (Wildman–Crippen LogP) is 3.62. The van der Waals surface area contributed by atoms with Crippen molar-refractivity contribution in [1.29, 1.82) is 0 Å². The molecule has 0 unspecified atom stereocenters. The number of anilines is 1. The first-order valence-electron chi connectivity index (χ1n) is 9.02. The lowest BCUT2D eigenvalue weighted by Gasteiger charge is -2.30.